The molecule has 0 saturated heterocycles. The first-order valence-corrected chi connectivity index (χ1v) is 4.99. The summed E-state index contributed by atoms with van der Waals surface area (Å²) in [5.74, 6) is 1.14. The van der Waals surface area contributed by atoms with Gasteiger partial charge in [0.05, 0.1) is 6.20 Å². The molecule has 2 N–H and O–H groups in total. The Morgan fingerprint density at radius 2 is 2.13 bits per heavy atom. The van der Waals surface area contributed by atoms with Crippen molar-refractivity contribution in [2.75, 3.05) is 5.73 Å². The number of aromatic nitrogens is 1. The number of benzene rings is 1. The summed E-state index contributed by atoms with van der Waals surface area (Å²) in [7, 11) is 0. The van der Waals surface area contributed by atoms with Crippen LogP contribution in [-0.4, -0.2) is 5.16 Å². The van der Waals surface area contributed by atoms with Gasteiger partial charge in [-0.15, -0.1) is 0 Å². The molecule has 0 saturated carbocycles. The molecule has 2 rings (SSSR count). The van der Waals surface area contributed by atoms with Crippen molar-refractivity contribution in [3.63, 3.8) is 0 Å². The molecule has 15 heavy (non-hydrogen) atoms. The van der Waals surface area contributed by atoms with Crippen LogP contribution in [0, 0.1) is 0 Å². The van der Waals surface area contributed by atoms with Gasteiger partial charge < -0.3 is 10.3 Å². The highest BCUT2D eigenvalue weighted by molar-refractivity contribution is 5.70. The van der Waals surface area contributed by atoms with Gasteiger partial charge >= 0.3 is 0 Å². The summed E-state index contributed by atoms with van der Waals surface area (Å²) in [6.07, 6.45) is 1.53. The lowest BCUT2D eigenvalue weighted by Gasteiger charge is -2.06. The molecule has 0 atom stereocenters. The molecule has 0 amide bonds. The molecule has 1 aromatic carbocycles. The van der Waals surface area contributed by atoms with Crippen LogP contribution in [0.3, 0.4) is 0 Å². The number of nitrogen functional groups attached to an aromatic ring is 1. The number of anilines is 1. The Hall–Kier alpha value is -1.77. The fourth-order valence-electron chi connectivity index (χ4n) is 1.51. The molecule has 78 valence electrons. The van der Waals surface area contributed by atoms with Gasteiger partial charge in [0.1, 0.15) is 5.69 Å². The zero-order chi connectivity index (χ0) is 10.8. The second-order valence-electron chi connectivity index (χ2n) is 3.89. The third-order valence-corrected chi connectivity index (χ3v) is 2.41. The van der Waals surface area contributed by atoms with E-state index in [4.69, 9.17) is 10.3 Å². The summed E-state index contributed by atoms with van der Waals surface area (Å²) in [5.41, 5.74) is 8.57. The fraction of sp³-hybridized carbons (Fsp3) is 0.250. The molecule has 0 unspecified atom stereocenters. The van der Waals surface area contributed by atoms with Gasteiger partial charge in [0.2, 0.25) is 0 Å². The smallest absolute Gasteiger partial charge is 0.189 e. The Balaban J connectivity index is 2.46. The van der Waals surface area contributed by atoms with E-state index in [9.17, 15) is 0 Å². The maximum absolute atomic E-state index is 5.74. The van der Waals surface area contributed by atoms with Gasteiger partial charge in [-0.05, 0) is 17.5 Å². The van der Waals surface area contributed by atoms with Crippen molar-refractivity contribution in [2.45, 2.75) is 19.8 Å². The summed E-state index contributed by atoms with van der Waals surface area (Å²) >= 11 is 0. The van der Waals surface area contributed by atoms with Gasteiger partial charge in [-0.2, -0.15) is 0 Å². The number of nitrogens with zero attached hydrogens (tertiary/aromatic N) is 1. The van der Waals surface area contributed by atoms with E-state index in [2.05, 4.69) is 31.1 Å². The quantitative estimate of drug-likeness (QED) is 0.814. The second-order valence-corrected chi connectivity index (χ2v) is 3.89. The van der Waals surface area contributed by atoms with Crippen LogP contribution in [0.1, 0.15) is 25.3 Å². The highest BCUT2D eigenvalue weighted by atomic mass is 16.5. The van der Waals surface area contributed by atoms with Crippen LogP contribution < -0.4 is 5.73 Å². The van der Waals surface area contributed by atoms with E-state index in [1.165, 1.54) is 11.8 Å². The van der Waals surface area contributed by atoms with Crippen LogP contribution in [0.5, 0.6) is 0 Å². The predicted octanol–water partition coefficient (Wildman–Crippen LogP) is 3.05. The minimum Gasteiger partial charge on any atom is -0.394 e. The van der Waals surface area contributed by atoms with Crippen LogP contribution in [-0.2, 0) is 0 Å². The topological polar surface area (TPSA) is 52.0 Å². The number of hydrogen-bond donors (Lipinski definition) is 1. The normalized spacial score (nSPS) is 10.9. The van der Waals surface area contributed by atoms with Gasteiger partial charge in [0.15, 0.2) is 5.76 Å². The average molecular weight is 202 g/mol. The van der Waals surface area contributed by atoms with E-state index in [0.717, 1.165) is 5.56 Å². The van der Waals surface area contributed by atoms with Crippen LogP contribution in [0.4, 0.5) is 5.69 Å². The van der Waals surface area contributed by atoms with Gasteiger partial charge in [-0.25, -0.2) is 0 Å². The van der Waals surface area contributed by atoms with Crippen molar-refractivity contribution in [3.05, 3.63) is 36.0 Å². The summed E-state index contributed by atoms with van der Waals surface area (Å²) in [5, 5.41) is 3.67. The molecule has 0 aliphatic heterocycles. The maximum Gasteiger partial charge on any atom is 0.189 e. The van der Waals surface area contributed by atoms with Crippen LogP contribution in [0.2, 0.25) is 0 Å². The van der Waals surface area contributed by atoms with Gasteiger partial charge in [0, 0.05) is 5.56 Å². The molecule has 3 heteroatoms. The standard InChI is InChI=1S/C12H14N2O/c1-8(2)9-4-3-5-10(6-9)12-11(13)7-14-15-12/h3-8H,13H2,1-2H3. The molecule has 0 radical (unpaired) electrons. The fourth-order valence-corrected chi connectivity index (χ4v) is 1.51. The maximum atomic E-state index is 5.74. The molecule has 2 aromatic rings. The highest BCUT2D eigenvalue weighted by Crippen LogP contribution is 2.27. The van der Waals surface area contributed by atoms with E-state index >= 15 is 0 Å². The summed E-state index contributed by atoms with van der Waals surface area (Å²) in [6, 6.07) is 8.16. The van der Waals surface area contributed by atoms with Crippen molar-refractivity contribution in [2.24, 2.45) is 0 Å². The molecule has 0 aliphatic rings. The minimum atomic E-state index is 0.495. The molecule has 3 nitrogen and oxygen atoms in total. The molecule has 1 aromatic heterocycles. The average Bonchev–Trinajstić information content (AvgIpc) is 2.64. The molecular weight excluding hydrogens is 188 g/mol. The van der Waals surface area contributed by atoms with E-state index in [1.807, 2.05) is 12.1 Å². The molecule has 1 heterocycles. The van der Waals surface area contributed by atoms with Gasteiger partial charge in [-0.3, -0.25) is 0 Å². The molecular formula is C12H14N2O. The number of nitrogens with two attached hydrogens (primary N) is 1. The lowest BCUT2D eigenvalue weighted by Crippen LogP contribution is -1.89. The third kappa shape index (κ3) is 1.86. The zero-order valence-corrected chi connectivity index (χ0v) is 8.90. The highest BCUT2D eigenvalue weighted by Gasteiger charge is 2.08. The van der Waals surface area contributed by atoms with Crippen molar-refractivity contribution >= 4 is 5.69 Å². The SMILES string of the molecule is CC(C)c1cccc(-c2oncc2N)c1. The molecule has 0 bridgehead atoms. The Kier molecular flexibility index (Phi) is 2.46. The van der Waals surface area contributed by atoms with E-state index in [-0.39, 0.29) is 0 Å². The number of hydrogen-bond acceptors (Lipinski definition) is 3. The summed E-state index contributed by atoms with van der Waals surface area (Å²) < 4.78 is 5.11. The first kappa shape index (κ1) is 9.77. The largest absolute Gasteiger partial charge is 0.394 e. The van der Waals surface area contributed by atoms with Gasteiger partial charge in [-0.1, -0.05) is 37.2 Å². The Labute approximate surface area is 88.9 Å². The van der Waals surface area contributed by atoms with Crippen molar-refractivity contribution in [1.82, 2.24) is 5.16 Å². The lowest BCUT2D eigenvalue weighted by molar-refractivity contribution is 0.432. The van der Waals surface area contributed by atoms with E-state index in [0.29, 0.717) is 17.4 Å². The molecule has 0 fully saturated rings. The summed E-state index contributed by atoms with van der Waals surface area (Å²) in [4.78, 5) is 0. The van der Waals surface area contributed by atoms with E-state index < -0.39 is 0 Å². The first-order valence-electron chi connectivity index (χ1n) is 4.99. The minimum absolute atomic E-state index is 0.495. The van der Waals surface area contributed by atoms with Gasteiger partial charge in [0.25, 0.3) is 0 Å². The Morgan fingerprint density at radius 3 is 2.73 bits per heavy atom. The number of rotatable bonds is 2. The van der Waals surface area contributed by atoms with Crippen LogP contribution in [0.25, 0.3) is 11.3 Å². The Bertz CT molecular complexity index is 460. The van der Waals surface area contributed by atoms with Crippen LogP contribution >= 0.6 is 0 Å². The van der Waals surface area contributed by atoms with Crippen molar-refractivity contribution in [1.29, 1.82) is 0 Å². The first-order chi connectivity index (χ1) is 7.18. The third-order valence-electron chi connectivity index (χ3n) is 2.41. The Morgan fingerprint density at radius 1 is 1.33 bits per heavy atom. The molecule has 0 aliphatic carbocycles. The van der Waals surface area contributed by atoms with Crippen molar-refractivity contribution < 1.29 is 4.52 Å². The lowest BCUT2D eigenvalue weighted by atomic mass is 10.00. The zero-order valence-electron chi connectivity index (χ0n) is 8.90. The second kappa shape index (κ2) is 3.77. The van der Waals surface area contributed by atoms with Crippen LogP contribution in [0.15, 0.2) is 35.0 Å². The molecule has 0 spiro atoms. The van der Waals surface area contributed by atoms with E-state index in [1.54, 1.807) is 0 Å². The summed E-state index contributed by atoms with van der Waals surface area (Å²) in [6.45, 7) is 4.31. The monoisotopic (exact) mass is 202 g/mol. The predicted molar refractivity (Wildman–Crippen MR) is 60.4 cm³/mol. The van der Waals surface area contributed by atoms with Crippen molar-refractivity contribution in [3.8, 4) is 11.3 Å².